The van der Waals surface area contributed by atoms with Crippen molar-refractivity contribution in [1.82, 2.24) is 10.6 Å². The Morgan fingerprint density at radius 1 is 1.39 bits per heavy atom. The average Bonchev–Trinajstić information content (AvgIpc) is 3.41. The molecule has 11 heteroatoms. The molecular weight excluding hydrogens is 424 g/mol. The van der Waals surface area contributed by atoms with Crippen LogP contribution in [0.1, 0.15) is 18.4 Å². The smallest absolute Gasteiger partial charge is 0.331 e. The first-order valence-corrected chi connectivity index (χ1v) is 10.4. The van der Waals surface area contributed by atoms with Crippen LogP contribution in [0.4, 0.5) is 0 Å². The number of para-hydroxylation sites is 1. The maximum Gasteiger partial charge on any atom is 0.331 e. The molecule has 1 unspecified atom stereocenters. The minimum atomic E-state index is -0.631. The van der Waals surface area contributed by atoms with Gasteiger partial charge >= 0.3 is 5.97 Å². The largest absolute Gasteiger partial charge is 0.483 e. The molecule has 1 aromatic rings. The van der Waals surface area contributed by atoms with E-state index in [9.17, 15) is 14.4 Å². The van der Waals surface area contributed by atoms with Gasteiger partial charge in [0.1, 0.15) is 5.75 Å². The quantitative estimate of drug-likeness (QED) is 0.264. The average molecular weight is 446 g/mol. The minimum absolute atomic E-state index is 0.0689. The van der Waals surface area contributed by atoms with Gasteiger partial charge in [-0.3, -0.25) is 14.9 Å². The fourth-order valence-electron chi connectivity index (χ4n) is 2.73. The van der Waals surface area contributed by atoms with Crippen molar-refractivity contribution in [2.24, 2.45) is 10.2 Å². The van der Waals surface area contributed by atoms with E-state index >= 15 is 0 Å². The fraction of sp³-hybridized carbons (Fsp3) is 0.350. The summed E-state index contributed by atoms with van der Waals surface area (Å²) in [6, 6.07) is 7.04. The number of nitrogens with one attached hydrogen (secondary N) is 2. The molecule has 0 aromatic heterocycles. The summed E-state index contributed by atoms with van der Waals surface area (Å²) < 4.78 is 15.6. The van der Waals surface area contributed by atoms with E-state index in [2.05, 4.69) is 25.6 Å². The van der Waals surface area contributed by atoms with E-state index in [0.29, 0.717) is 17.9 Å². The second-order valence-electron chi connectivity index (χ2n) is 6.50. The molecule has 0 radical (unpaired) electrons. The first-order valence-electron chi connectivity index (χ1n) is 9.55. The summed E-state index contributed by atoms with van der Waals surface area (Å²) in [6.45, 7) is 1.07. The number of nitrogens with zero attached hydrogens (tertiary/aromatic N) is 2. The predicted octanol–water partition coefficient (Wildman–Crippen LogP) is 0.970. The molecule has 0 spiro atoms. The van der Waals surface area contributed by atoms with Crippen LogP contribution in [-0.2, 0) is 23.9 Å². The number of amides is 2. The Kier molecular flexibility index (Phi) is 8.19. The highest BCUT2D eigenvalue weighted by atomic mass is 32.2. The van der Waals surface area contributed by atoms with Gasteiger partial charge in [-0.05, 0) is 36.7 Å². The molecule has 1 aromatic carbocycles. The van der Waals surface area contributed by atoms with Crippen molar-refractivity contribution in [3.8, 4) is 5.75 Å². The van der Waals surface area contributed by atoms with E-state index < -0.39 is 11.9 Å². The Morgan fingerprint density at radius 3 is 3.00 bits per heavy atom. The van der Waals surface area contributed by atoms with Crippen LogP contribution in [0.15, 0.2) is 45.4 Å². The van der Waals surface area contributed by atoms with Gasteiger partial charge in [0.25, 0.3) is 11.8 Å². The Bertz CT molecular complexity index is 924. The number of esters is 1. The number of hydrogen-bond donors (Lipinski definition) is 2. The highest BCUT2D eigenvalue weighted by molar-refractivity contribution is 8.18. The number of rotatable bonds is 8. The topological polar surface area (TPSA) is 128 Å². The third kappa shape index (κ3) is 6.93. The summed E-state index contributed by atoms with van der Waals surface area (Å²) in [5.74, 6) is -0.860. The summed E-state index contributed by atoms with van der Waals surface area (Å²) in [7, 11) is 1.23. The van der Waals surface area contributed by atoms with Gasteiger partial charge in [0.2, 0.25) is 0 Å². The van der Waals surface area contributed by atoms with Crippen molar-refractivity contribution in [1.29, 1.82) is 0 Å². The molecular formula is C20H22N4O6S. The summed E-state index contributed by atoms with van der Waals surface area (Å²) >= 11 is 0.973. The number of amidine groups is 1. The lowest BCUT2D eigenvalue weighted by Gasteiger charge is -2.12. The second-order valence-corrected chi connectivity index (χ2v) is 7.53. The summed E-state index contributed by atoms with van der Waals surface area (Å²) in [5.41, 5.74) is 0.610. The fourth-order valence-corrected chi connectivity index (χ4v) is 3.47. The minimum Gasteiger partial charge on any atom is -0.483 e. The number of carbonyl (C=O) groups is 3. The summed E-state index contributed by atoms with van der Waals surface area (Å²) in [4.78, 5) is 35.2. The van der Waals surface area contributed by atoms with E-state index in [-0.39, 0.29) is 28.7 Å². The number of thioether (sulfide) groups is 1. The van der Waals surface area contributed by atoms with E-state index in [0.717, 1.165) is 37.3 Å². The lowest BCUT2D eigenvalue weighted by Crippen LogP contribution is -2.35. The number of benzene rings is 1. The van der Waals surface area contributed by atoms with Crippen molar-refractivity contribution in [2.45, 2.75) is 18.9 Å². The van der Waals surface area contributed by atoms with Crippen LogP contribution in [0.5, 0.6) is 5.75 Å². The van der Waals surface area contributed by atoms with Gasteiger partial charge in [0.15, 0.2) is 11.8 Å². The van der Waals surface area contributed by atoms with Crippen LogP contribution in [0.3, 0.4) is 0 Å². The third-order valence-electron chi connectivity index (χ3n) is 4.28. The Labute approximate surface area is 183 Å². The molecule has 2 aliphatic rings. The molecule has 1 atom stereocenters. The Balaban J connectivity index is 1.54. The molecule has 3 rings (SSSR count). The molecule has 2 saturated heterocycles. The lowest BCUT2D eigenvalue weighted by atomic mass is 10.2. The lowest BCUT2D eigenvalue weighted by molar-refractivity contribution is -0.135. The highest BCUT2D eigenvalue weighted by Crippen LogP contribution is 2.23. The first kappa shape index (κ1) is 22.5. The molecule has 164 valence electrons. The van der Waals surface area contributed by atoms with Crippen LogP contribution >= 0.6 is 11.8 Å². The van der Waals surface area contributed by atoms with E-state index in [1.54, 1.807) is 24.3 Å². The molecule has 10 nitrogen and oxygen atoms in total. The van der Waals surface area contributed by atoms with Crippen LogP contribution < -0.4 is 15.4 Å². The molecule has 0 bridgehead atoms. The molecule has 2 N–H and O–H groups in total. The molecule has 2 heterocycles. The van der Waals surface area contributed by atoms with Crippen molar-refractivity contribution in [3.63, 3.8) is 0 Å². The van der Waals surface area contributed by atoms with E-state index in [4.69, 9.17) is 9.47 Å². The van der Waals surface area contributed by atoms with E-state index in [1.807, 2.05) is 0 Å². The number of ether oxygens (including phenoxy) is 3. The Morgan fingerprint density at radius 2 is 2.23 bits per heavy atom. The maximum absolute atomic E-state index is 12.0. The van der Waals surface area contributed by atoms with Gasteiger partial charge in [-0.25, -0.2) is 4.79 Å². The van der Waals surface area contributed by atoms with Crippen LogP contribution in [0, 0.1) is 0 Å². The number of carbonyl (C=O) groups excluding carboxylic acids is 3. The van der Waals surface area contributed by atoms with Gasteiger partial charge in [-0.15, -0.1) is 5.10 Å². The monoisotopic (exact) mass is 446 g/mol. The standard InChI is InChI=1S/C20H22N4O6S/c1-28-18(26)9-16-19(27)23-20(31-16)24-22-10-13-5-2-3-7-15(13)30-12-17(25)21-11-14-6-4-8-29-14/h2-3,5,7,9-10,14H,4,6,8,11-12H2,1H3,(H,21,25)(H,23,24,27)/b16-9+,22-10?. The SMILES string of the molecule is COC(=O)/C=C1/S/C(=N\N=Cc2ccccc2OCC(=O)NCC2CCCO2)NC1=O. The third-order valence-corrected chi connectivity index (χ3v) is 5.18. The molecule has 2 aliphatic heterocycles. The second kappa shape index (κ2) is 11.3. The molecule has 2 amide bonds. The predicted molar refractivity (Wildman–Crippen MR) is 115 cm³/mol. The first-order chi connectivity index (χ1) is 15.0. The molecule has 0 saturated carbocycles. The van der Waals surface area contributed by atoms with Gasteiger partial charge < -0.3 is 19.5 Å². The van der Waals surface area contributed by atoms with Crippen LogP contribution in [0.25, 0.3) is 0 Å². The maximum atomic E-state index is 12.0. The normalized spacial score (nSPS) is 20.9. The van der Waals surface area contributed by atoms with Crippen molar-refractivity contribution in [2.75, 3.05) is 26.9 Å². The van der Waals surface area contributed by atoms with Gasteiger partial charge in [0.05, 0.1) is 24.3 Å². The highest BCUT2D eigenvalue weighted by Gasteiger charge is 2.25. The van der Waals surface area contributed by atoms with E-state index in [1.165, 1.54) is 13.3 Å². The van der Waals surface area contributed by atoms with Gasteiger partial charge in [0, 0.05) is 24.8 Å². The zero-order valence-corrected chi connectivity index (χ0v) is 17.6. The Hall–Kier alpha value is -3.18. The number of hydrogen-bond acceptors (Lipinski definition) is 9. The van der Waals surface area contributed by atoms with Crippen molar-refractivity contribution in [3.05, 3.63) is 40.8 Å². The summed E-state index contributed by atoms with van der Waals surface area (Å²) in [6.07, 6.45) is 4.56. The van der Waals surface area contributed by atoms with Crippen LogP contribution in [-0.4, -0.2) is 62.1 Å². The van der Waals surface area contributed by atoms with Crippen LogP contribution in [0.2, 0.25) is 0 Å². The zero-order valence-electron chi connectivity index (χ0n) is 16.8. The number of methoxy groups -OCH3 is 1. The van der Waals surface area contributed by atoms with Gasteiger partial charge in [-0.1, -0.05) is 12.1 Å². The van der Waals surface area contributed by atoms with Crippen molar-refractivity contribution < 1.29 is 28.6 Å². The zero-order chi connectivity index (χ0) is 22.1. The van der Waals surface area contributed by atoms with Gasteiger partial charge in [-0.2, -0.15) is 5.10 Å². The van der Waals surface area contributed by atoms with Crippen molar-refractivity contribution >= 4 is 40.9 Å². The summed E-state index contributed by atoms with van der Waals surface area (Å²) in [5, 5.41) is 13.4. The molecule has 31 heavy (non-hydrogen) atoms. The molecule has 2 fully saturated rings. The molecule has 0 aliphatic carbocycles.